The molecule has 1 saturated heterocycles. The average molecular weight is 608 g/mol. The second-order valence-corrected chi connectivity index (χ2v) is 10.7. The number of anilines is 3. The Morgan fingerprint density at radius 2 is 1.60 bits per heavy atom. The van der Waals surface area contributed by atoms with Gasteiger partial charge in [-0.1, -0.05) is 0 Å². The first-order valence-electron chi connectivity index (χ1n) is 14.6. The first-order valence-corrected chi connectivity index (χ1v) is 14.6. The zero-order chi connectivity index (χ0) is 31.3. The van der Waals surface area contributed by atoms with Crippen LogP contribution in [0.1, 0.15) is 16.1 Å². The van der Waals surface area contributed by atoms with Gasteiger partial charge in [0, 0.05) is 67.9 Å². The molecule has 45 heavy (non-hydrogen) atoms. The number of pyridine rings is 1. The molecule has 0 atom stereocenters. The van der Waals surface area contributed by atoms with Gasteiger partial charge in [0.1, 0.15) is 17.0 Å². The predicted octanol–water partition coefficient (Wildman–Crippen LogP) is 4.67. The molecule has 3 aromatic heterocycles. The second kappa shape index (κ2) is 13.1. The molecule has 1 fully saturated rings. The fourth-order valence-corrected chi connectivity index (χ4v) is 4.99. The van der Waals surface area contributed by atoms with Crippen molar-refractivity contribution in [2.75, 3.05) is 62.5 Å². The number of carbonyl (C=O) groups is 2. The minimum atomic E-state index is -0.412. The van der Waals surface area contributed by atoms with Crippen LogP contribution >= 0.6 is 0 Å². The minimum absolute atomic E-state index is 0.00958. The molecule has 3 amide bonds. The Hall–Kier alpha value is -5.33. The standard InChI is InChI=1S/C33H33N7O5/c1-39(2)32(42)22-5-9-25(10-6-22)36-33(43)35-24-7-3-21(4-8-24)30-37-27-19-23(28-12-11-26(45-28)13-16-41)20-34-29(27)31(38-30)40-14-17-44-18-15-40/h3-12,19-20,41H,13-18H2,1-2H3,(H2,35,36,43). The van der Waals surface area contributed by atoms with E-state index in [-0.39, 0.29) is 12.5 Å². The van der Waals surface area contributed by atoms with Gasteiger partial charge in [0.05, 0.1) is 25.3 Å². The van der Waals surface area contributed by atoms with Crippen LogP contribution in [0.15, 0.2) is 77.3 Å². The molecule has 12 nitrogen and oxygen atoms in total. The maximum atomic E-state index is 12.7. The molecule has 1 aliphatic rings. The third-order valence-electron chi connectivity index (χ3n) is 7.33. The van der Waals surface area contributed by atoms with E-state index in [4.69, 9.17) is 24.1 Å². The molecule has 0 radical (unpaired) electrons. The van der Waals surface area contributed by atoms with Crippen LogP contribution in [0.2, 0.25) is 0 Å². The molecule has 12 heteroatoms. The van der Waals surface area contributed by atoms with Gasteiger partial charge in [0.15, 0.2) is 11.6 Å². The number of rotatable bonds is 8. The van der Waals surface area contributed by atoms with E-state index in [1.165, 1.54) is 4.90 Å². The predicted molar refractivity (Wildman–Crippen MR) is 171 cm³/mol. The number of fused-ring (bicyclic) bond motifs is 1. The molecular weight excluding hydrogens is 574 g/mol. The molecule has 0 aliphatic carbocycles. The average Bonchev–Trinajstić information content (AvgIpc) is 3.53. The van der Waals surface area contributed by atoms with E-state index >= 15 is 0 Å². The summed E-state index contributed by atoms with van der Waals surface area (Å²) in [6.45, 7) is 2.57. The van der Waals surface area contributed by atoms with E-state index in [0.29, 0.717) is 78.0 Å². The molecule has 0 unspecified atom stereocenters. The van der Waals surface area contributed by atoms with Crippen molar-refractivity contribution >= 4 is 40.2 Å². The monoisotopic (exact) mass is 607 g/mol. The Morgan fingerprint density at radius 3 is 2.27 bits per heavy atom. The number of morpholine rings is 1. The highest BCUT2D eigenvalue weighted by Crippen LogP contribution is 2.31. The number of hydrogen-bond donors (Lipinski definition) is 3. The summed E-state index contributed by atoms with van der Waals surface area (Å²) in [6, 6.07) is 19.2. The van der Waals surface area contributed by atoms with E-state index < -0.39 is 6.03 Å². The van der Waals surface area contributed by atoms with E-state index in [1.54, 1.807) is 56.7 Å². The Labute approximate surface area is 259 Å². The molecule has 2 aromatic carbocycles. The molecule has 0 spiro atoms. The number of nitrogens with zero attached hydrogens (tertiary/aromatic N) is 5. The number of ether oxygens (including phenoxy) is 1. The van der Waals surface area contributed by atoms with Crippen LogP contribution in [0.25, 0.3) is 33.7 Å². The number of hydrogen-bond acceptors (Lipinski definition) is 9. The number of nitrogens with one attached hydrogen (secondary N) is 2. The topological polar surface area (TPSA) is 146 Å². The van der Waals surface area contributed by atoms with Gasteiger partial charge < -0.3 is 34.7 Å². The van der Waals surface area contributed by atoms with Crippen LogP contribution in [0.3, 0.4) is 0 Å². The van der Waals surface area contributed by atoms with E-state index in [2.05, 4.69) is 15.5 Å². The number of furan rings is 1. The van der Waals surface area contributed by atoms with Gasteiger partial charge in [-0.25, -0.2) is 19.7 Å². The maximum absolute atomic E-state index is 12.7. The van der Waals surface area contributed by atoms with E-state index in [9.17, 15) is 14.7 Å². The summed E-state index contributed by atoms with van der Waals surface area (Å²) in [7, 11) is 3.38. The van der Waals surface area contributed by atoms with E-state index in [1.807, 2.05) is 30.3 Å². The van der Waals surface area contributed by atoms with Gasteiger partial charge >= 0.3 is 6.03 Å². The smallest absolute Gasteiger partial charge is 0.323 e. The van der Waals surface area contributed by atoms with Gasteiger partial charge in [-0.05, 0) is 66.7 Å². The first kappa shape index (κ1) is 29.7. The van der Waals surface area contributed by atoms with Crippen LogP contribution in [-0.2, 0) is 11.2 Å². The van der Waals surface area contributed by atoms with Crippen LogP contribution in [0, 0.1) is 0 Å². The summed E-state index contributed by atoms with van der Waals surface area (Å²) in [5.74, 6) is 2.48. The Morgan fingerprint density at radius 1 is 0.911 bits per heavy atom. The highest BCUT2D eigenvalue weighted by atomic mass is 16.5. The lowest BCUT2D eigenvalue weighted by Crippen LogP contribution is -2.37. The van der Waals surface area contributed by atoms with E-state index in [0.717, 1.165) is 16.9 Å². The molecule has 4 heterocycles. The fraction of sp³-hybridized carbons (Fsp3) is 0.242. The lowest BCUT2D eigenvalue weighted by molar-refractivity contribution is 0.0827. The Bertz CT molecular complexity index is 1810. The van der Waals surface area contributed by atoms with Crippen LogP contribution in [0.5, 0.6) is 0 Å². The van der Waals surface area contributed by atoms with Gasteiger partial charge in [-0.3, -0.25) is 4.79 Å². The quantitative estimate of drug-likeness (QED) is 0.229. The highest BCUT2D eigenvalue weighted by Gasteiger charge is 2.20. The molecule has 0 bridgehead atoms. The van der Waals surface area contributed by atoms with Gasteiger partial charge in [-0.15, -0.1) is 0 Å². The zero-order valence-electron chi connectivity index (χ0n) is 25.0. The number of aliphatic hydroxyl groups is 1. The summed E-state index contributed by atoms with van der Waals surface area (Å²) in [5, 5.41) is 14.9. The molecule has 3 N–H and O–H groups in total. The molecular formula is C33H33N7O5. The highest BCUT2D eigenvalue weighted by molar-refractivity contribution is 6.00. The molecule has 0 saturated carbocycles. The van der Waals surface area contributed by atoms with Crippen molar-refractivity contribution in [3.05, 3.63) is 84.3 Å². The van der Waals surface area contributed by atoms with Gasteiger partial charge in [-0.2, -0.15) is 0 Å². The van der Waals surface area contributed by atoms with Crippen molar-refractivity contribution in [2.24, 2.45) is 0 Å². The zero-order valence-corrected chi connectivity index (χ0v) is 25.0. The fourth-order valence-electron chi connectivity index (χ4n) is 4.99. The molecule has 6 rings (SSSR count). The summed E-state index contributed by atoms with van der Waals surface area (Å²) >= 11 is 0. The third kappa shape index (κ3) is 6.77. The molecule has 230 valence electrons. The summed E-state index contributed by atoms with van der Waals surface area (Å²) in [6.07, 6.45) is 2.19. The van der Waals surface area contributed by atoms with Crippen molar-refractivity contribution < 1.29 is 23.8 Å². The number of aromatic nitrogens is 3. The summed E-state index contributed by atoms with van der Waals surface area (Å²) in [5.41, 5.74) is 4.58. The number of carbonyl (C=O) groups excluding carboxylic acids is 2. The van der Waals surface area contributed by atoms with Crippen LogP contribution < -0.4 is 15.5 Å². The SMILES string of the molecule is CN(C)C(=O)c1ccc(NC(=O)Nc2ccc(-c3nc(N4CCOCC4)c4ncc(-c5ccc(CCO)o5)cc4n3)cc2)cc1. The number of amides is 3. The van der Waals surface area contributed by atoms with Crippen molar-refractivity contribution in [2.45, 2.75) is 6.42 Å². The maximum Gasteiger partial charge on any atom is 0.323 e. The van der Waals surface area contributed by atoms with Crippen molar-refractivity contribution in [1.82, 2.24) is 19.9 Å². The third-order valence-corrected chi connectivity index (χ3v) is 7.33. The van der Waals surface area contributed by atoms with Gasteiger partial charge in [0.25, 0.3) is 5.91 Å². The first-order chi connectivity index (χ1) is 21.9. The summed E-state index contributed by atoms with van der Waals surface area (Å²) < 4.78 is 11.5. The summed E-state index contributed by atoms with van der Waals surface area (Å²) in [4.78, 5) is 42.9. The number of urea groups is 1. The largest absolute Gasteiger partial charge is 0.461 e. The Kier molecular flexibility index (Phi) is 8.67. The van der Waals surface area contributed by atoms with Crippen molar-refractivity contribution in [3.63, 3.8) is 0 Å². The van der Waals surface area contributed by atoms with Crippen LogP contribution in [-0.4, -0.2) is 83.9 Å². The second-order valence-electron chi connectivity index (χ2n) is 10.7. The number of aliphatic hydroxyl groups excluding tert-OH is 1. The minimum Gasteiger partial charge on any atom is -0.461 e. The molecule has 1 aliphatic heterocycles. The van der Waals surface area contributed by atoms with Crippen LogP contribution in [0.4, 0.5) is 22.0 Å². The lowest BCUT2D eigenvalue weighted by atomic mass is 10.1. The normalized spacial score (nSPS) is 13.1. The van der Waals surface area contributed by atoms with Crippen molar-refractivity contribution in [1.29, 1.82) is 0 Å². The van der Waals surface area contributed by atoms with Crippen molar-refractivity contribution in [3.8, 4) is 22.7 Å². The Balaban J connectivity index is 1.23. The molecule has 5 aromatic rings. The van der Waals surface area contributed by atoms with Gasteiger partial charge in [0.2, 0.25) is 0 Å². The number of benzene rings is 2. The lowest BCUT2D eigenvalue weighted by Gasteiger charge is -2.28.